The Labute approximate surface area is 82.1 Å². The summed E-state index contributed by atoms with van der Waals surface area (Å²) in [5.74, 6) is 0. The van der Waals surface area contributed by atoms with E-state index >= 15 is 0 Å². The molecule has 11 heavy (non-hydrogen) atoms. The maximum atomic E-state index is 5.60. The third-order valence-electron chi connectivity index (χ3n) is 1.13. The number of halogens is 2. The van der Waals surface area contributed by atoms with Gasteiger partial charge in [0.1, 0.15) is 0 Å². The highest BCUT2D eigenvalue weighted by molar-refractivity contribution is 6.29. The van der Waals surface area contributed by atoms with Crippen LogP contribution in [0.25, 0.3) is 0 Å². The summed E-state index contributed by atoms with van der Waals surface area (Å²) >= 11 is 5.60. The minimum absolute atomic E-state index is 0. The lowest BCUT2D eigenvalue weighted by Gasteiger charge is -1.90. The van der Waals surface area contributed by atoms with E-state index in [-0.39, 0.29) is 17.0 Å². The normalized spacial score (nSPS) is 8.45. The summed E-state index contributed by atoms with van der Waals surface area (Å²) in [4.78, 5) is 0. The highest BCUT2D eigenvalue weighted by Gasteiger charge is 1.96. The third kappa shape index (κ3) is 4.17. The number of aromatic nitrogens is 1. The van der Waals surface area contributed by atoms with Gasteiger partial charge >= 0.3 is 0 Å². The maximum absolute atomic E-state index is 5.60. The molecule has 0 saturated carbocycles. The van der Waals surface area contributed by atoms with E-state index in [9.17, 15) is 0 Å². The SMILES string of the molecule is C=C(Cl)C[n+]1ccccc1.[Br-]. The second kappa shape index (κ2) is 5.33. The molecule has 0 bridgehead atoms. The molecule has 60 valence electrons. The van der Waals surface area contributed by atoms with Crippen LogP contribution in [0.2, 0.25) is 0 Å². The summed E-state index contributed by atoms with van der Waals surface area (Å²) in [6.07, 6.45) is 3.90. The molecule has 0 aliphatic heterocycles. The van der Waals surface area contributed by atoms with E-state index in [4.69, 9.17) is 11.6 Å². The van der Waals surface area contributed by atoms with Crippen molar-refractivity contribution in [2.45, 2.75) is 6.54 Å². The topological polar surface area (TPSA) is 3.88 Å². The Bertz CT molecular complexity index is 223. The minimum Gasteiger partial charge on any atom is -1.00 e. The molecule has 0 aliphatic rings. The number of pyridine rings is 1. The van der Waals surface area contributed by atoms with Crippen LogP contribution in [0.15, 0.2) is 42.2 Å². The molecule has 1 rings (SSSR count). The number of allylic oxidation sites excluding steroid dienone is 1. The van der Waals surface area contributed by atoms with E-state index < -0.39 is 0 Å². The lowest BCUT2D eigenvalue weighted by atomic mass is 10.5. The van der Waals surface area contributed by atoms with Gasteiger partial charge in [0.2, 0.25) is 0 Å². The summed E-state index contributed by atoms with van der Waals surface area (Å²) in [6.45, 7) is 4.28. The lowest BCUT2D eigenvalue weighted by Crippen LogP contribution is -3.00. The van der Waals surface area contributed by atoms with Crippen LogP contribution in [0, 0.1) is 0 Å². The van der Waals surface area contributed by atoms with Crippen molar-refractivity contribution >= 4 is 11.6 Å². The Morgan fingerprint density at radius 3 is 2.27 bits per heavy atom. The summed E-state index contributed by atoms with van der Waals surface area (Å²) in [5.41, 5.74) is 0. The summed E-state index contributed by atoms with van der Waals surface area (Å²) in [7, 11) is 0. The van der Waals surface area contributed by atoms with Crippen molar-refractivity contribution in [3.05, 3.63) is 42.2 Å². The van der Waals surface area contributed by atoms with Crippen LogP contribution in [0.4, 0.5) is 0 Å². The van der Waals surface area contributed by atoms with Crippen LogP contribution in [-0.4, -0.2) is 0 Å². The zero-order chi connectivity index (χ0) is 7.40. The van der Waals surface area contributed by atoms with Crippen LogP contribution in [0.1, 0.15) is 0 Å². The first-order valence-corrected chi connectivity index (χ1v) is 3.44. The van der Waals surface area contributed by atoms with Gasteiger partial charge in [-0.3, -0.25) is 0 Å². The molecule has 1 nitrogen and oxygen atoms in total. The quantitative estimate of drug-likeness (QED) is 0.562. The second-order valence-electron chi connectivity index (χ2n) is 2.07. The molecule has 0 unspecified atom stereocenters. The van der Waals surface area contributed by atoms with Gasteiger partial charge in [-0.15, -0.1) is 0 Å². The number of nitrogens with zero attached hydrogens (tertiary/aromatic N) is 1. The van der Waals surface area contributed by atoms with Gasteiger partial charge in [0.15, 0.2) is 18.9 Å². The van der Waals surface area contributed by atoms with E-state index in [1.165, 1.54) is 0 Å². The predicted molar refractivity (Wildman–Crippen MR) is 41.6 cm³/mol. The highest BCUT2D eigenvalue weighted by Crippen LogP contribution is 1.94. The van der Waals surface area contributed by atoms with Crippen molar-refractivity contribution in [2.24, 2.45) is 0 Å². The minimum atomic E-state index is 0. The molecular weight excluding hydrogens is 225 g/mol. The monoisotopic (exact) mass is 233 g/mol. The van der Waals surface area contributed by atoms with Gasteiger partial charge < -0.3 is 17.0 Å². The van der Waals surface area contributed by atoms with E-state index in [1.807, 2.05) is 35.2 Å². The number of rotatable bonds is 2. The fraction of sp³-hybridized carbons (Fsp3) is 0.125. The Hall–Kier alpha value is -0.340. The first kappa shape index (κ1) is 10.7. The molecule has 0 aliphatic carbocycles. The predicted octanol–water partition coefficient (Wildman–Crippen LogP) is -1.27. The van der Waals surface area contributed by atoms with E-state index in [0.29, 0.717) is 11.6 Å². The molecule has 0 spiro atoms. The first-order chi connectivity index (χ1) is 4.79. The van der Waals surface area contributed by atoms with Gasteiger partial charge in [0, 0.05) is 12.1 Å². The number of hydrogen-bond donors (Lipinski definition) is 0. The van der Waals surface area contributed by atoms with Crippen molar-refractivity contribution in [1.82, 2.24) is 0 Å². The van der Waals surface area contributed by atoms with Crippen LogP contribution < -0.4 is 21.5 Å². The molecule has 0 saturated heterocycles. The average molecular weight is 235 g/mol. The van der Waals surface area contributed by atoms with Crippen molar-refractivity contribution in [1.29, 1.82) is 0 Å². The van der Waals surface area contributed by atoms with Crippen LogP contribution in [0.3, 0.4) is 0 Å². The van der Waals surface area contributed by atoms with Crippen molar-refractivity contribution < 1.29 is 21.5 Å². The molecule has 0 radical (unpaired) electrons. The molecule has 0 atom stereocenters. The van der Waals surface area contributed by atoms with Crippen LogP contribution >= 0.6 is 11.6 Å². The molecule has 0 fully saturated rings. The van der Waals surface area contributed by atoms with Gasteiger partial charge in [-0.2, -0.15) is 4.57 Å². The molecule has 1 heterocycles. The molecule has 0 amide bonds. The van der Waals surface area contributed by atoms with Gasteiger partial charge in [-0.25, -0.2) is 0 Å². The second-order valence-corrected chi connectivity index (χ2v) is 2.60. The number of hydrogen-bond acceptors (Lipinski definition) is 0. The van der Waals surface area contributed by atoms with Crippen molar-refractivity contribution in [2.75, 3.05) is 0 Å². The van der Waals surface area contributed by atoms with E-state index in [1.54, 1.807) is 0 Å². The zero-order valence-electron chi connectivity index (χ0n) is 6.00. The highest BCUT2D eigenvalue weighted by atomic mass is 79.9. The summed E-state index contributed by atoms with van der Waals surface area (Å²) in [6, 6.07) is 5.88. The molecular formula is C8H9BrClN. The maximum Gasteiger partial charge on any atom is 0.183 e. The third-order valence-corrected chi connectivity index (χ3v) is 1.25. The van der Waals surface area contributed by atoms with Gasteiger partial charge in [0.05, 0.1) is 5.03 Å². The molecule has 1 aromatic rings. The standard InChI is InChI=1S/C8H9ClN.BrH/c1-8(9)7-10-5-3-2-4-6-10;/h2-6H,1,7H2;1H/q+1;/p-1. The van der Waals surface area contributed by atoms with Gasteiger partial charge in [-0.05, 0) is 0 Å². The lowest BCUT2D eigenvalue weighted by molar-refractivity contribution is -0.687. The molecule has 1 aromatic heterocycles. The van der Waals surface area contributed by atoms with Crippen LogP contribution in [0.5, 0.6) is 0 Å². The average Bonchev–Trinajstić information content (AvgIpc) is 1.88. The first-order valence-electron chi connectivity index (χ1n) is 3.06. The van der Waals surface area contributed by atoms with E-state index in [0.717, 1.165) is 0 Å². The smallest absolute Gasteiger partial charge is 0.183 e. The Kier molecular flexibility index (Phi) is 5.16. The Morgan fingerprint density at radius 2 is 1.82 bits per heavy atom. The molecule has 0 aromatic carbocycles. The largest absolute Gasteiger partial charge is 1.00 e. The van der Waals surface area contributed by atoms with Gasteiger partial charge in [0.25, 0.3) is 0 Å². The summed E-state index contributed by atoms with van der Waals surface area (Å²) in [5, 5.41) is 0.649. The fourth-order valence-electron chi connectivity index (χ4n) is 0.738. The molecule has 3 heteroatoms. The van der Waals surface area contributed by atoms with Crippen molar-refractivity contribution in [3.8, 4) is 0 Å². The zero-order valence-corrected chi connectivity index (χ0v) is 8.35. The van der Waals surface area contributed by atoms with Gasteiger partial charge in [-0.1, -0.05) is 24.2 Å². The Balaban J connectivity index is 0.000001000. The molecule has 0 N–H and O–H groups in total. The Morgan fingerprint density at radius 1 is 1.27 bits per heavy atom. The summed E-state index contributed by atoms with van der Waals surface area (Å²) < 4.78 is 1.97. The van der Waals surface area contributed by atoms with Crippen molar-refractivity contribution in [3.63, 3.8) is 0 Å². The fourth-order valence-corrected chi connectivity index (χ4v) is 0.876. The van der Waals surface area contributed by atoms with E-state index in [2.05, 4.69) is 6.58 Å². The van der Waals surface area contributed by atoms with Crippen LogP contribution in [-0.2, 0) is 6.54 Å².